The van der Waals surface area contributed by atoms with E-state index < -0.39 is 5.97 Å². The number of hydrogen-bond acceptors (Lipinski definition) is 2. The second-order valence-corrected chi connectivity index (χ2v) is 4.12. The standard InChI is InChI=1S/C13H19NO2/c1-11-5-3-4-6-12(11)7-9-14(2)10-8-13(15)16/h3-6H,7-10H2,1-2H3,(H,15,16). The van der Waals surface area contributed by atoms with Crippen molar-refractivity contribution in [1.82, 2.24) is 4.90 Å². The maximum atomic E-state index is 10.4. The Morgan fingerprint density at radius 3 is 2.62 bits per heavy atom. The van der Waals surface area contributed by atoms with Crippen LogP contribution in [-0.2, 0) is 11.2 Å². The number of carboxylic acid groups (broad SMARTS) is 1. The van der Waals surface area contributed by atoms with Gasteiger partial charge in [-0.15, -0.1) is 0 Å². The lowest BCUT2D eigenvalue weighted by Gasteiger charge is -2.15. The van der Waals surface area contributed by atoms with E-state index in [4.69, 9.17) is 5.11 Å². The number of hydrogen-bond donors (Lipinski definition) is 1. The normalized spacial score (nSPS) is 10.7. The number of rotatable bonds is 6. The first-order valence-corrected chi connectivity index (χ1v) is 5.54. The van der Waals surface area contributed by atoms with E-state index in [1.54, 1.807) is 0 Å². The van der Waals surface area contributed by atoms with Crippen molar-refractivity contribution < 1.29 is 9.90 Å². The molecule has 88 valence electrons. The van der Waals surface area contributed by atoms with Gasteiger partial charge in [0, 0.05) is 13.1 Å². The number of carbonyl (C=O) groups is 1. The third kappa shape index (κ3) is 4.45. The van der Waals surface area contributed by atoms with Crippen molar-refractivity contribution in [2.24, 2.45) is 0 Å². The summed E-state index contributed by atoms with van der Waals surface area (Å²) in [6, 6.07) is 8.31. The Morgan fingerprint density at radius 1 is 1.31 bits per heavy atom. The molecule has 3 heteroatoms. The van der Waals surface area contributed by atoms with Crippen LogP contribution in [0, 0.1) is 6.92 Å². The lowest BCUT2D eigenvalue weighted by atomic mass is 10.1. The Bertz CT molecular complexity index is 350. The summed E-state index contributed by atoms with van der Waals surface area (Å²) in [5, 5.41) is 8.57. The van der Waals surface area contributed by atoms with Gasteiger partial charge in [0.1, 0.15) is 0 Å². The van der Waals surface area contributed by atoms with Crippen LogP contribution in [0.5, 0.6) is 0 Å². The molecule has 1 rings (SSSR count). The highest BCUT2D eigenvalue weighted by atomic mass is 16.4. The van der Waals surface area contributed by atoms with Gasteiger partial charge in [-0.1, -0.05) is 24.3 Å². The maximum Gasteiger partial charge on any atom is 0.304 e. The highest BCUT2D eigenvalue weighted by Gasteiger charge is 2.03. The van der Waals surface area contributed by atoms with Crippen molar-refractivity contribution >= 4 is 5.97 Å². The van der Waals surface area contributed by atoms with Crippen LogP contribution in [-0.4, -0.2) is 36.1 Å². The van der Waals surface area contributed by atoms with Gasteiger partial charge in [-0.3, -0.25) is 4.79 Å². The Kier molecular flexibility index (Phi) is 4.99. The van der Waals surface area contributed by atoms with E-state index in [0.29, 0.717) is 6.54 Å². The fraction of sp³-hybridized carbons (Fsp3) is 0.462. The van der Waals surface area contributed by atoms with Crippen molar-refractivity contribution in [2.45, 2.75) is 19.8 Å². The molecule has 0 aliphatic carbocycles. The third-order valence-electron chi connectivity index (χ3n) is 2.73. The monoisotopic (exact) mass is 221 g/mol. The molecule has 16 heavy (non-hydrogen) atoms. The zero-order valence-electron chi connectivity index (χ0n) is 9.94. The molecule has 0 fully saturated rings. The first-order chi connectivity index (χ1) is 7.59. The molecular formula is C13H19NO2. The van der Waals surface area contributed by atoms with Gasteiger partial charge in [0.05, 0.1) is 6.42 Å². The van der Waals surface area contributed by atoms with Crippen molar-refractivity contribution in [3.8, 4) is 0 Å². The van der Waals surface area contributed by atoms with E-state index in [0.717, 1.165) is 13.0 Å². The van der Waals surface area contributed by atoms with Crippen LogP contribution in [0.25, 0.3) is 0 Å². The molecule has 0 spiro atoms. The highest BCUT2D eigenvalue weighted by molar-refractivity contribution is 5.66. The smallest absolute Gasteiger partial charge is 0.304 e. The molecule has 1 aromatic rings. The topological polar surface area (TPSA) is 40.5 Å². The van der Waals surface area contributed by atoms with Crippen LogP contribution in [0.3, 0.4) is 0 Å². The zero-order valence-corrected chi connectivity index (χ0v) is 9.94. The molecule has 3 nitrogen and oxygen atoms in total. The molecule has 0 saturated heterocycles. The lowest BCUT2D eigenvalue weighted by Crippen LogP contribution is -2.24. The molecule has 0 atom stereocenters. The predicted molar refractivity (Wildman–Crippen MR) is 64.6 cm³/mol. The molecule has 0 aromatic heterocycles. The molecule has 0 aliphatic rings. The fourth-order valence-electron chi connectivity index (χ4n) is 1.60. The first-order valence-electron chi connectivity index (χ1n) is 5.54. The van der Waals surface area contributed by atoms with E-state index in [2.05, 4.69) is 24.0 Å². The van der Waals surface area contributed by atoms with Crippen LogP contribution >= 0.6 is 0 Å². The van der Waals surface area contributed by atoms with Gasteiger partial charge in [-0.2, -0.15) is 0 Å². The number of nitrogens with zero attached hydrogens (tertiary/aromatic N) is 1. The van der Waals surface area contributed by atoms with Crippen LogP contribution in [0.15, 0.2) is 24.3 Å². The Labute approximate surface area is 96.7 Å². The average Bonchev–Trinajstić information content (AvgIpc) is 2.25. The molecule has 1 aromatic carbocycles. The second kappa shape index (κ2) is 6.28. The van der Waals surface area contributed by atoms with Gasteiger partial charge in [-0.25, -0.2) is 0 Å². The number of aryl methyl sites for hydroxylation is 1. The van der Waals surface area contributed by atoms with Gasteiger partial charge >= 0.3 is 5.97 Å². The number of aliphatic carboxylic acids is 1. The Hall–Kier alpha value is -1.35. The molecule has 0 bridgehead atoms. The van der Waals surface area contributed by atoms with Gasteiger partial charge < -0.3 is 10.0 Å². The maximum absolute atomic E-state index is 10.4. The number of benzene rings is 1. The van der Waals surface area contributed by atoms with Gasteiger partial charge in [0.25, 0.3) is 0 Å². The Balaban J connectivity index is 2.34. The molecule has 0 unspecified atom stereocenters. The van der Waals surface area contributed by atoms with Crippen LogP contribution in [0.2, 0.25) is 0 Å². The van der Waals surface area contributed by atoms with Crippen LogP contribution < -0.4 is 0 Å². The van der Waals surface area contributed by atoms with E-state index in [1.165, 1.54) is 11.1 Å². The lowest BCUT2D eigenvalue weighted by molar-refractivity contribution is -0.137. The SMILES string of the molecule is Cc1ccccc1CCN(C)CCC(=O)O. The van der Waals surface area contributed by atoms with Gasteiger partial charge in [0.15, 0.2) is 0 Å². The molecule has 0 saturated carbocycles. The fourth-order valence-corrected chi connectivity index (χ4v) is 1.60. The van der Waals surface area contributed by atoms with Gasteiger partial charge in [0.2, 0.25) is 0 Å². The molecule has 1 N–H and O–H groups in total. The summed E-state index contributed by atoms with van der Waals surface area (Å²) in [6.07, 6.45) is 1.19. The minimum Gasteiger partial charge on any atom is -0.481 e. The molecular weight excluding hydrogens is 202 g/mol. The largest absolute Gasteiger partial charge is 0.481 e. The quantitative estimate of drug-likeness (QED) is 0.798. The average molecular weight is 221 g/mol. The Morgan fingerprint density at radius 2 is 2.00 bits per heavy atom. The van der Waals surface area contributed by atoms with Crippen molar-refractivity contribution in [2.75, 3.05) is 20.1 Å². The molecule has 0 radical (unpaired) electrons. The number of carboxylic acids is 1. The molecule has 0 aliphatic heterocycles. The second-order valence-electron chi connectivity index (χ2n) is 4.12. The van der Waals surface area contributed by atoms with E-state index >= 15 is 0 Å². The molecule has 0 amide bonds. The van der Waals surface area contributed by atoms with Crippen molar-refractivity contribution in [3.63, 3.8) is 0 Å². The zero-order chi connectivity index (χ0) is 12.0. The van der Waals surface area contributed by atoms with Gasteiger partial charge in [-0.05, 0) is 31.5 Å². The van der Waals surface area contributed by atoms with Crippen molar-refractivity contribution in [1.29, 1.82) is 0 Å². The van der Waals surface area contributed by atoms with Crippen LogP contribution in [0.1, 0.15) is 17.5 Å². The summed E-state index contributed by atoms with van der Waals surface area (Å²) < 4.78 is 0. The van der Waals surface area contributed by atoms with E-state index in [-0.39, 0.29) is 6.42 Å². The van der Waals surface area contributed by atoms with E-state index in [1.807, 2.05) is 19.2 Å². The highest BCUT2D eigenvalue weighted by Crippen LogP contribution is 2.08. The van der Waals surface area contributed by atoms with E-state index in [9.17, 15) is 4.79 Å². The summed E-state index contributed by atoms with van der Waals surface area (Å²) in [6.45, 7) is 3.62. The summed E-state index contributed by atoms with van der Waals surface area (Å²) in [5.41, 5.74) is 2.64. The minimum absolute atomic E-state index is 0.213. The molecule has 0 heterocycles. The van der Waals surface area contributed by atoms with Crippen molar-refractivity contribution in [3.05, 3.63) is 35.4 Å². The summed E-state index contributed by atoms with van der Waals surface area (Å²) in [4.78, 5) is 12.5. The first kappa shape index (κ1) is 12.7. The predicted octanol–water partition coefficient (Wildman–Crippen LogP) is 1.94. The van der Waals surface area contributed by atoms with Crippen LogP contribution in [0.4, 0.5) is 0 Å². The summed E-state index contributed by atoms with van der Waals surface area (Å²) >= 11 is 0. The third-order valence-corrected chi connectivity index (χ3v) is 2.73. The summed E-state index contributed by atoms with van der Waals surface area (Å²) in [7, 11) is 1.96. The number of likely N-dealkylation sites (N-methyl/N-ethyl adjacent to an activating group) is 1. The minimum atomic E-state index is -0.734. The summed E-state index contributed by atoms with van der Waals surface area (Å²) in [5.74, 6) is -0.734.